The molecule has 210 valence electrons. The highest BCUT2D eigenvalue weighted by molar-refractivity contribution is 7.07. The predicted molar refractivity (Wildman–Crippen MR) is 155 cm³/mol. The minimum Gasteiger partial charge on any atom is -0.496 e. The van der Waals surface area contributed by atoms with Crippen LogP contribution >= 0.6 is 11.3 Å². The highest BCUT2D eigenvalue weighted by atomic mass is 32.1. The number of para-hydroxylation sites is 2. The number of rotatable bonds is 8. The smallest absolute Gasteiger partial charge is 0.280 e. The summed E-state index contributed by atoms with van der Waals surface area (Å²) in [4.78, 5) is 45.6. The number of nitro groups is 1. The van der Waals surface area contributed by atoms with Crippen molar-refractivity contribution in [2.75, 3.05) is 20.2 Å². The number of likely N-dealkylation sites (N-methyl/N-ethyl adjacent to an activating group) is 1. The number of hydrogen-bond acceptors (Lipinski definition) is 8. The number of allylic oxidation sites excluding steroid dienone is 1. The van der Waals surface area contributed by atoms with Gasteiger partial charge in [0.15, 0.2) is 4.80 Å². The van der Waals surface area contributed by atoms with Crippen molar-refractivity contribution in [2.45, 2.75) is 26.8 Å². The third kappa shape index (κ3) is 5.00. The maximum atomic E-state index is 14.0. The van der Waals surface area contributed by atoms with E-state index in [-0.39, 0.29) is 17.2 Å². The quantitative estimate of drug-likeness (QED) is 0.230. The summed E-state index contributed by atoms with van der Waals surface area (Å²) in [5.74, 6) is 1.02. The zero-order chi connectivity index (χ0) is 29.3. The van der Waals surface area contributed by atoms with Crippen molar-refractivity contribution in [1.29, 1.82) is 0 Å². The lowest BCUT2D eigenvalue weighted by Crippen LogP contribution is -2.43. The van der Waals surface area contributed by atoms with Gasteiger partial charge in [-0.3, -0.25) is 24.3 Å². The number of benzene rings is 2. The number of fused-ring (bicyclic) bond motifs is 1. The summed E-state index contributed by atoms with van der Waals surface area (Å²) in [6.07, 6.45) is 1.59. The van der Waals surface area contributed by atoms with E-state index in [9.17, 15) is 19.7 Å². The summed E-state index contributed by atoms with van der Waals surface area (Å²) < 4.78 is 13.4. The van der Waals surface area contributed by atoms with Gasteiger partial charge in [-0.05, 0) is 45.0 Å². The fourth-order valence-electron chi connectivity index (χ4n) is 5.01. The highest BCUT2D eigenvalue weighted by Crippen LogP contribution is 2.36. The van der Waals surface area contributed by atoms with Crippen LogP contribution in [0.4, 0.5) is 5.69 Å². The van der Waals surface area contributed by atoms with E-state index in [0.717, 1.165) is 0 Å². The molecule has 5 rings (SSSR count). The first-order valence-electron chi connectivity index (χ1n) is 13.1. The number of hydrogen-bond donors (Lipinski definition) is 0. The number of carbonyl (C=O) groups is 1. The molecule has 0 spiro atoms. The molecular formula is C30H28N4O6S. The molecule has 1 amide bonds. The maximum absolute atomic E-state index is 14.0. The number of methoxy groups -OCH3 is 1. The molecule has 0 fully saturated rings. The molecule has 0 saturated carbocycles. The van der Waals surface area contributed by atoms with E-state index in [1.807, 2.05) is 32.0 Å². The van der Waals surface area contributed by atoms with Crippen molar-refractivity contribution in [3.63, 3.8) is 0 Å². The van der Waals surface area contributed by atoms with Crippen LogP contribution in [0.2, 0.25) is 0 Å². The molecule has 1 aliphatic heterocycles. The predicted octanol–water partition coefficient (Wildman–Crippen LogP) is 4.28. The van der Waals surface area contributed by atoms with Gasteiger partial charge in [-0.25, -0.2) is 4.99 Å². The van der Waals surface area contributed by atoms with Crippen molar-refractivity contribution in [2.24, 2.45) is 4.99 Å². The zero-order valence-corrected chi connectivity index (χ0v) is 23.8. The van der Waals surface area contributed by atoms with E-state index in [2.05, 4.69) is 4.99 Å². The Hall–Kier alpha value is -4.77. The first-order chi connectivity index (χ1) is 19.8. The fourth-order valence-corrected chi connectivity index (χ4v) is 6.04. The van der Waals surface area contributed by atoms with Crippen molar-refractivity contribution in [3.05, 3.63) is 113 Å². The summed E-state index contributed by atoms with van der Waals surface area (Å²) in [5.41, 5.74) is 1.53. The maximum Gasteiger partial charge on any atom is 0.280 e. The topological polar surface area (TPSA) is 120 Å². The van der Waals surface area contributed by atoms with Gasteiger partial charge in [0.2, 0.25) is 0 Å². The van der Waals surface area contributed by atoms with Gasteiger partial charge in [0.05, 0.1) is 33.4 Å². The first-order valence-corrected chi connectivity index (χ1v) is 13.9. The number of amides is 1. The van der Waals surface area contributed by atoms with Gasteiger partial charge in [0.1, 0.15) is 23.3 Å². The molecule has 0 N–H and O–H groups in total. The lowest BCUT2D eigenvalue weighted by atomic mass is 9.94. The van der Waals surface area contributed by atoms with Crippen LogP contribution in [0, 0.1) is 10.1 Å². The van der Waals surface area contributed by atoms with Gasteiger partial charge in [-0.15, -0.1) is 0 Å². The van der Waals surface area contributed by atoms with Gasteiger partial charge in [-0.1, -0.05) is 41.7 Å². The Balaban J connectivity index is 1.67. The monoisotopic (exact) mass is 572 g/mol. The summed E-state index contributed by atoms with van der Waals surface area (Å²) >= 11 is 1.18. The van der Waals surface area contributed by atoms with Crippen LogP contribution in [0.5, 0.6) is 5.75 Å². The minimum atomic E-state index is -0.753. The molecule has 0 aliphatic carbocycles. The number of furan rings is 1. The minimum absolute atomic E-state index is 0.0783. The molecule has 41 heavy (non-hydrogen) atoms. The van der Waals surface area contributed by atoms with Crippen LogP contribution < -0.4 is 19.6 Å². The van der Waals surface area contributed by atoms with E-state index >= 15 is 0 Å². The molecular weight excluding hydrogens is 544 g/mol. The van der Waals surface area contributed by atoms with E-state index in [1.54, 1.807) is 61.4 Å². The average molecular weight is 573 g/mol. The van der Waals surface area contributed by atoms with Crippen molar-refractivity contribution in [3.8, 4) is 17.1 Å². The lowest BCUT2D eigenvalue weighted by Gasteiger charge is -2.29. The molecule has 0 saturated heterocycles. The number of carbonyl (C=O) groups excluding carboxylic acids is 1. The number of nitro benzene ring substituents is 1. The van der Waals surface area contributed by atoms with E-state index in [4.69, 9.17) is 9.15 Å². The van der Waals surface area contributed by atoms with E-state index in [1.165, 1.54) is 22.0 Å². The normalized spacial score (nSPS) is 14.9. The van der Waals surface area contributed by atoms with Gasteiger partial charge in [-0.2, -0.15) is 0 Å². The Kier molecular flexibility index (Phi) is 7.71. The third-order valence-corrected chi connectivity index (χ3v) is 7.99. The zero-order valence-electron chi connectivity index (χ0n) is 23.0. The Bertz CT molecular complexity index is 1860. The summed E-state index contributed by atoms with van der Waals surface area (Å²) in [6, 6.07) is 16.2. The number of ether oxygens (including phenoxy) is 1. The molecule has 3 heterocycles. The SMILES string of the molecule is CCN(CC)C(=O)C1=C(C)N=c2s/c(=C/c3ccc(-c4ccccc4[N+](=O)[O-])o3)c(=O)n2[C@H]1c1ccccc1OC. The van der Waals surface area contributed by atoms with E-state index in [0.29, 0.717) is 62.1 Å². The fraction of sp³-hybridized carbons (Fsp3) is 0.233. The van der Waals surface area contributed by atoms with Gasteiger partial charge in [0, 0.05) is 30.8 Å². The molecule has 2 aromatic heterocycles. The standard InChI is InChI=1S/C30H28N4O6S/c1-5-32(6-2)29(36)26-18(3)31-30-33(27(26)21-12-8-10-14-23(21)39-4)28(35)25(41-30)17-19-15-16-24(40-19)20-11-7-9-13-22(20)34(37)38/h7-17,27H,5-6H2,1-4H3/b25-17+/t27-/m0/s1. The molecule has 11 heteroatoms. The van der Waals surface area contributed by atoms with Crippen molar-refractivity contribution >= 4 is 29.0 Å². The van der Waals surface area contributed by atoms with Crippen LogP contribution in [-0.4, -0.2) is 40.5 Å². The average Bonchev–Trinajstić information content (AvgIpc) is 3.56. The second-order valence-electron chi connectivity index (χ2n) is 9.28. The van der Waals surface area contributed by atoms with Crippen LogP contribution in [0.1, 0.15) is 38.1 Å². The van der Waals surface area contributed by atoms with Gasteiger partial charge >= 0.3 is 0 Å². The van der Waals surface area contributed by atoms with Crippen LogP contribution in [-0.2, 0) is 4.79 Å². The van der Waals surface area contributed by atoms with Gasteiger partial charge in [0.25, 0.3) is 17.2 Å². The third-order valence-electron chi connectivity index (χ3n) is 7.00. The summed E-state index contributed by atoms with van der Waals surface area (Å²) in [5, 5.41) is 11.5. The Morgan fingerprint density at radius 3 is 2.56 bits per heavy atom. The highest BCUT2D eigenvalue weighted by Gasteiger charge is 2.35. The number of aromatic nitrogens is 1. The Morgan fingerprint density at radius 1 is 1.15 bits per heavy atom. The lowest BCUT2D eigenvalue weighted by molar-refractivity contribution is -0.384. The molecule has 2 aromatic carbocycles. The Labute approximate surface area is 239 Å². The summed E-state index contributed by atoms with van der Waals surface area (Å²) in [6.45, 7) is 6.62. The Morgan fingerprint density at radius 2 is 1.85 bits per heavy atom. The molecule has 1 aliphatic rings. The van der Waals surface area contributed by atoms with Crippen molar-refractivity contribution in [1.82, 2.24) is 9.47 Å². The van der Waals surface area contributed by atoms with E-state index < -0.39 is 11.0 Å². The molecule has 10 nitrogen and oxygen atoms in total. The molecule has 0 radical (unpaired) electrons. The molecule has 1 atom stereocenters. The molecule has 0 unspecified atom stereocenters. The van der Waals surface area contributed by atoms with Crippen LogP contribution in [0.3, 0.4) is 0 Å². The van der Waals surface area contributed by atoms with Crippen molar-refractivity contribution < 1.29 is 18.9 Å². The van der Waals surface area contributed by atoms with Crippen LogP contribution in [0.15, 0.2) is 86.1 Å². The number of nitrogens with zero attached hydrogens (tertiary/aromatic N) is 4. The second-order valence-corrected chi connectivity index (χ2v) is 10.3. The summed E-state index contributed by atoms with van der Waals surface area (Å²) in [7, 11) is 1.55. The van der Waals surface area contributed by atoms with Crippen LogP contribution in [0.25, 0.3) is 17.4 Å². The second kappa shape index (κ2) is 11.4. The molecule has 4 aromatic rings. The first kappa shape index (κ1) is 27.8. The number of thiazole rings is 1. The van der Waals surface area contributed by atoms with Gasteiger partial charge < -0.3 is 14.1 Å². The molecule has 0 bridgehead atoms. The largest absolute Gasteiger partial charge is 0.496 e.